The SMILES string of the molecule is C[C@@H]1CN(c2cc(-c3ccccc3O)nnc2N)CCN1C(=O)c1ccncn1. The molecule has 1 aliphatic heterocycles. The Labute approximate surface area is 167 Å². The monoisotopic (exact) mass is 391 g/mol. The van der Waals surface area contributed by atoms with E-state index in [1.807, 2.05) is 19.1 Å². The number of amides is 1. The zero-order valence-corrected chi connectivity index (χ0v) is 15.9. The number of rotatable bonds is 3. The molecule has 9 nitrogen and oxygen atoms in total. The molecule has 2 aromatic heterocycles. The molecule has 0 spiro atoms. The maximum absolute atomic E-state index is 12.7. The van der Waals surface area contributed by atoms with Gasteiger partial charge >= 0.3 is 0 Å². The molecular formula is C20H21N7O2. The maximum Gasteiger partial charge on any atom is 0.272 e. The van der Waals surface area contributed by atoms with Crippen LogP contribution in [0.3, 0.4) is 0 Å². The lowest BCUT2D eigenvalue weighted by molar-refractivity contribution is 0.0668. The van der Waals surface area contributed by atoms with Crippen molar-refractivity contribution in [1.82, 2.24) is 25.1 Å². The van der Waals surface area contributed by atoms with Gasteiger partial charge in [0.2, 0.25) is 0 Å². The Bertz CT molecular complexity index is 1030. The van der Waals surface area contributed by atoms with Crippen LogP contribution in [0.1, 0.15) is 17.4 Å². The lowest BCUT2D eigenvalue weighted by Crippen LogP contribution is -2.54. The largest absolute Gasteiger partial charge is 0.507 e. The fourth-order valence-electron chi connectivity index (χ4n) is 3.51. The van der Waals surface area contributed by atoms with Gasteiger partial charge in [-0.2, -0.15) is 0 Å². The minimum Gasteiger partial charge on any atom is -0.507 e. The quantitative estimate of drug-likeness (QED) is 0.690. The van der Waals surface area contributed by atoms with Crippen molar-refractivity contribution in [1.29, 1.82) is 0 Å². The molecule has 1 aromatic carbocycles. The Morgan fingerprint density at radius 1 is 1.21 bits per heavy atom. The summed E-state index contributed by atoms with van der Waals surface area (Å²) in [5.41, 5.74) is 8.34. The van der Waals surface area contributed by atoms with E-state index in [1.165, 1.54) is 6.33 Å². The normalized spacial score (nSPS) is 16.7. The predicted octanol–water partition coefficient (Wildman–Crippen LogP) is 1.57. The molecule has 3 aromatic rings. The van der Waals surface area contributed by atoms with Crippen molar-refractivity contribution in [2.24, 2.45) is 0 Å². The number of phenolic OH excluding ortho intramolecular Hbond substituents is 1. The Hall–Kier alpha value is -3.75. The summed E-state index contributed by atoms with van der Waals surface area (Å²) in [5, 5.41) is 18.3. The van der Waals surface area contributed by atoms with E-state index in [0.717, 1.165) is 5.69 Å². The van der Waals surface area contributed by atoms with Gasteiger partial charge in [0.25, 0.3) is 5.91 Å². The van der Waals surface area contributed by atoms with Gasteiger partial charge in [-0.05, 0) is 31.2 Å². The summed E-state index contributed by atoms with van der Waals surface area (Å²) in [6.45, 7) is 3.70. The average molecular weight is 391 g/mol. The molecule has 1 amide bonds. The highest BCUT2D eigenvalue weighted by molar-refractivity contribution is 5.92. The van der Waals surface area contributed by atoms with Gasteiger partial charge in [0, 0.05) is 37.4 Å². The minimum atomic E-state index is -0.115. The number of carbonyl (C=O) groups excluding carboxylic acids is 1. The summed E-state index contributed by atoms with van der Waals surface area (Å²) in [6, 6.07) is 10.4. The summed E-state index contributed by atoms with van der Waals surface area (Å²) in [4.78, 5) is 24.5. The first-order valence-electron chi connectivity index (χ1n) is 9.28. The van der Waals surface area contributed by atoms with Crippen LogP contribution < -0.4 is 10.6 Å². The average Bonchev–Trinajstić information content (AvgIpc) is 2.75. The van der Waals surface area contributed by atoms with Crippen molar-refractivity contribution < 1.29 is 9.90 Å². The maximum atomic E-state index is 12.7. The van der Waals surface area contributed by atoms with Crippen LogP contribution >= 0.6 is 0 Å². The van der Waals surface area contributed by atoms with Gasteiger partial charge in [0.15, 0.2) is 5.82 Å². The number of aromatic hydroxyl groups is 1. The Kier molecular flexibility index (Phi) is 4.94. The molecule has 3 N–H and O–H groups in total. The number of piperazine rings is 1. The number of nitrogens with zero attached hydrogens (tertiary/aromatic N) is 6. The van der Waals surface area contributed by atoms with Gasteiger partial charge in [0.05, 0.1) is 11.4 Å². The zero-order chi connectivity index (χ0) is 20.4. The van der Waals surface area contributed by atoms with E-state index < -0.39 is 0 Å². The molecule has 148 valence electrons. The van der Waals surface area contributed by atoms with Crippen molar-refractivity contribution in [2.75, 3.05) is 30.3 Å². The van der Waals surface area contributed by atoms with Crippen LogP contribution in [0.25, 0.3) is 11.3 Å². The van der Waals surface area contributed by atoms with Gasteiger partial charge in [0.1, 0.15) is 17.8 Å². The third-order valence-corrected chi connectivity index (χ3v) is 5.01. The molecule has 29 heavy (non-hydrogen) atoms. The van der Waals surface area contributed by atoms with Gasteiger partial charge in [-0.15, -0.1) is 10.2 Å². The number of phenols is 1. The van der Waals surface area contributed by atoms with Crippen LogP contribution in [0, 0.1) is 0 Å². The minimum absolute atomic E-state index is 0.0487. The highest BCUT2D eigenvalue weighted by atomic mass is 16.3. The van der Waals surface area contributed by atoms with Gasteiger partial charge in [-0.1, -0.05) is 12.1 Å². The summed E-state index contributed by atoms with van der Waals surface area (Å²) in [6.07, 6.45) is 2.93. The molecule has 9 heteroatoms. The van der Waals surface area contributed by atoms with Crippen LogP contribution in [0.15, 0.2) is 48.9 Å². The van der Waals surface area contributed by atoms with E-state index in [9.17, 15) is 9.90 Å². The molecule has 4 rings (SSSR count). The number of anilines is 2. The van der Waals surface area contributed by atoms with E-state index in [-0.39, 0.29) is 17.7 Å². The number of hydrogen-bond acceptors (Lipinski definition) is 8. The number of carbonyl (C=O) groups is 1. The second-order valence-electron chi connectivity index (χ2n) is 6.91. The van der Waals surface area contributed by atoms with Gasteiger partial charge in [-0.25, -0.2) is 9.97 Å². The summed E-state index contributed by atoms with van der Waals surface area (Å²) in [7, 11) is 0. The van der Waals surface area contributed by atoms with Gasteiger partial charge < -0.3 is 20.6 Å². The number of hydrogen-bond donors (Lipinski definition) is 2. The van der Waals surface area contributed by atoms with E-state index in [4.69, 9.17) is 5.73 Å². The number of nitrogens with two attached hydrogens (primary N) is 1. The first-order valence-corrected chi connectivity index (χ1v) is 9.28. The molecular weight excluding hydrogens is 370 g/mol. The van der Waals surface area contributed by atoms with Crippen LogP contribution in [0.5, 0.6) is 5.75 Å². The topological polar surface area (TPSA) is 121 Å². The van der Waals surface area contributed by atoms with Crippen LogP contribution in [0.4, 0.5) is 11.5 Å². The van der Waals surface area contributed by atoms with E-state index >= 15 is 0 Å². The molecule has 0 aliphatic carbocycles. The highest BCUT2D eigenvalue weighted by Gasteiger charge is 2.30. The number of aromatic nitrogens is 4. The number of nitrogen functional groups attached to an aromatic ring is 1. The summed E-state index contributed by atoms with van der Waals surface area (Å²) >= 11 is 0. The van der Waals surface area contributed by atoms with Crippen LogP contribution in [-0.4, -0.2) is 61.8 Å². The third kappa shape index (κ3) is 3.66. The van der Waals surface area contributed by atoms with Crippen LogP contribution in [-0.2, 0) is 0 Å². The molecule has 0 radical (unpaired) electrons. The second kappa shape index (κ2) is 7.70. The van der Waals surface area contributed by atoms with Crippen molar-refractivity contribution in [2.45, 2.75) is 13.0 Å². The number of para-hydroxylation sites is 1. The lowest BCUT2D eigenvalue weighted by atomic mass is 10.1. The molecule has 1 aliphatic rings. The first kappa shape index (κ1) is 18.6. The highest BCUT2D eigenvalue weighted by Crippen LogP contribution is 2.32. The Morgan fingerprint density at radius 3 is 2.76 bits per heavy atom. The van der Waals surface area contributed by atoms with Crippen LogP contribution in [0.2, 0.25) is 0 Å². The molecule has 0 unspecified atom stereocenters. The first-order chi connectivity index (χ1) is 14.0. The van der Waals surface area contributed by atoms with E-state index in [1.54, 1.807) is 35.4 Å². The summed E-state index contributed by atoms with van der Waals surface area (Å²) < 4.78 is 0. The lowest BCUT2D eigenvalue weighted by Gasteiger charge is -2.41. The van der Waals surface area contributed by atoms with Crippen molar-refractivity contribution in [3.8, 4) is 17.0 Å². The molecule has 1 fully saturated rings. The third-order valence-electron chi connectivity index (χ3n) is 5.01. The molecule has 0 saturated carbocycles. The fraction of sp³-hybridized carbons (Fsp3) is 0.250. The van der Waals surface area contributed by atoms with Crippen molar-refractivity contribution in [3.05, 3.63) is 54.6 Å². The molecule has 0 bridgehead atoms. The number of benzene rings is 1. The Morgan fingerprint density at radius 2 is 2.03 bits per heavy atom. The van der Waals surface area contributed by atoms with Gasteiger partial charge in [-0.3, -0.25) is 4.79 Å². The van der Waals surface area contributed by atoms with Crippen molar-refractivity contribution in [3.63, 3.8) is 0 Å². The smallest absolute Gasteiger partial charge is 0.272 e. The van der Waals surface area contributed by atoms with Crippen molar-refractivity contribution >= 4 is 17.4 Å². The van der Waals surface area contributed by atoms with E-state index in [0.29, 0.717) is 42.4 Å². The molecule has 3 heterocycles. The summed E-state index contributed by atoms with van der Waals surface area (Å²) in [5.74, 6) is 0.327. The van der Waals surface area contributed by atoms with E-state index in [2.05, 4.69) is 25.1 Å². The second-order valence-corrected chi connectivity index (χ2v) is 6.91. The predicted molar refractivity (Wildman–Crippen MR) is 108 cm³/mol. The standard InChI is InChI=1S/C20H21N7O2/c1-13-11-26(8-9-27(13)20(29)15-6-7-22-12-23-15)17-10-16(24-25-19(17)21)14-4-2-3-5-18(14)28/h2-7,10,12-13,28H,8-9,11H2,1H3,(H2,21,25)/t13-/m1/s1. The zero-order valence-electron chi connectivity index (χ0n) is 15.9. The fourth-order valence-corrected chi connectivity index (χ4v) is 3.51. The molecule has 1 saturated heterocycles. The Balaban J connectivity index is 1.56. The molecule has 1 atom stereocenters.